The number of hydrogen-bond donors (Lipinski definition) is 0. The maximum Gasteiger partial charge on any atom is -0.0146 e. The van der Waals surface area contributed by atoms with Crippen molar-refractivity contribution in [1.82, 2.24) is 0 Å². The van der Waals surface area contributed by atoms with Gasteiger partial charge in [0.15, 0.2) is 0 Å². The molecule has 0 aromatic heterocycles. The number of aryl methyl sites for hydroxylation is 1. The summed E-state index contributed by atoms with van der Waals surface area (Å²) in [5, 5.41) is 5.40. The minimum atomic E-state index is 0.942. The third kappa shape index (κ3) is 1.70. The van der Waals surface area contributed by atoms with Crippen LogP contribution < -0.4 is 0 Å². The van der Waals surface area contributed by atoms with Crippen LogP contribution in [-0.4, -0.2) is 0 Å². The van der Waals surface area contributed by atoms with Crippen LogP contribution in [0.15, 0.2) is 54.6 Å². The molecular weight excluding hydrogens is 204 g/mol. The minimum Gasteiger partial charge on any atom is -0.0616 e. The lowest BCUT2D eigenvalue weighted by molar-refractivity contribution is 1.02. The summed E-state index contributed by atoms with van der Waals surface area (Å²) in [5.74, 6) is 0. The summed E-state index contributed by atoms with van der Waals surface area (Å²) in [6.07, 6.45) is 1.99. The first kappa shape index (κ1) is 10.3. The molecule has 0 saturated heterocycles. The maximum absolute atomic E-state index is 3.99. The van der Waals surface area contributed by atoms with E-state index >= 15 is 0 Å². The molecule has 17 heavy (non-hydrogen) atoms. The maximum atomic E-state index is 3.99. The Labute approximate surface area is 102 Å². The summed E-state index contributed by atoms with van der Waals surface area (Å²) in [4.78, 5) is 0. The van der Waals surface area contributed by atoms with E-state index in [0.717, 1.165) is 12.8 Å². The van der Waals surface area contributed by atoms with Gasteiger partial charge in [-0.05, 0) is 46.0 Å². The molecule has 3 rings (SSSR count). The van der Waals surface area contributed by atoms with Crippen LogP contribution in [0.1, 0.15) is 12.0 Å². The molecule has 83 valence electrons. The summed E-state index contributed by atoms with van der Waals surface area (Å²) in [6.45, 7) is 3.99. The number of hydrogen-bond acceptors (Lipinski definition) is 0. The van der Waals surface area contributed by atoms with Crippen molar-refractivity contribution >= 4 is 21.5 Å². The van der Waals surface area contributed by atoms with E-state index < -0.39 is 0 Å². The second-order valence-corrected chi connectivity index (χ2v) is 4.40. The van der Waals surface area contributed by atoms with Crippen molar-refractivity contribution in [2.45, 2.75) is 12.8 Å². The smallest absolute Gasteiger partial charge is 0.0146 e. The van der Waals surface area contributed by atoms with Crippen molar-refractivity contribution < 1.29 is 0 Å². The molecule has 0 heteroatoms. The first-order valence-corrected chi connectivity index (χ1v) is 6.09. The first-order valence-electron chi connectivity index (χ1n) is 6.09. The molecule has 0 nitrogen and oxygen atoms in total. The molecule has 0 N–H and O–H groups in total. The zero-order valence-corrected chi connectivity index (χ0v) is 9.82. The number of rotatable bonds is 2. The van der Waals surface area contributed by atoms with Gasteiger partial charge in [-0.15, -0.1) is 0 Å². The highest BCUT2D eigenvalue weighted by Crippen LogP contribution is 2.29. The number of fused-ring (bicyclic) bond motifs is 2. The van der Waals surface area contributed by atoms with Gasteiger partial charge < -0.3 is 0 Å². The van der Waals surface area contributed by atoms with E-state index in [4.69, 9.17) is 0 Å². The molecule has 0 atom stereocenters. The van der Waals surface area contributed by atoms with Crippen LogP contribution >= 0.6 is 0 Å². The third-order valence-corrected chi connectivity index (χ3v) is 3.31. The van der Waals surface area contributed by atoms with Crippen molar-refractivity contribution in [3.63, 3.8) is 0 Å². The lowest BCUT2D eigenvalue weighted by Gasteiger charge is -2.10. The largest absolute Gasteiger partial charge is 0.0616 e. The Balaban J connectivity index is 2.47. The standard InChI is InChI=1S/C17H15/c1-2-7-17-15-10-5-3-8-13(15)12-14-9-4-6-11-16(14)17/h3-6,8-12H,1-2,7H2. The normalized spacial score (nSPS) is 11.1. The van der Waals surface area contributed by atoms with Gasteiger partial charge in [-0.25, -0.2) is 0 Å². The Kier molecular flexibility index (Phi) is 2.56. The Morgan fingerprint density at radius 2 is 1.29 bits per heavy atom. The lowest BCUT2D eigenvalue weighted by atomic mass is 9.94. The van der Waals surface area contributed by atoms with E-state index in [1.54, 1.807) is 0 Å². The average Bonchev–Trinajstić information content (AvgIpc) is 2.39. The fourth-order valence-electron chi connectivity index (χ4n) is 2.55. The van der Waals surface area contributed by atoms with Gasteiger partial charge in [0.1, 0.15) is 0 Å². The van der Waals surface area contributed by atoms with Crippen molar-refractivity contribution in [1.29, 1.82) is 0 Å². The second-order valence-electron chi connectivity index (χ2n) is 4.40. The van der Waals surface area contributed by atoms with Crippen LogP contribution in [0.5, 0.6) is 0 Å². The molecule has 0 aliphatic heterocycles. The van der Waals surface area contributed by atoms with Gasteiger partial charge in [0.2, 0.25) is 0 Å². The van der Waals surface area contributed by atoms with E-state index in [0.29, 0.717) is 0 Å². The zero-order valence-electron chi connectivity index (χ0n) is 9.82. The Morgan fingerprint density at radius 3 is 1.82 bits per heavy atom. The Hall–Kier alpha value is -1.82. The van der Waals surface area contributed by atoms with Gasteiger partial charge in [0.25, 0.3) is 0 Å². The summed E-state index contributed by atoms with van der Waals surface area (Å²) in [5.41, 5.74) is 1.44. The van der Waals surface area contributed by atoms with E-state index in [2.05, 4.69) is 61.5 Å². The third-order valence-electron chi connectivity index (χ3n) is 3.31. The molecule has 0 aliphatic rings. The molecule has 0 amide bonds. The molecule has 0 spiro atoms. The molecule has 0 unspecified atom stereocenters. The average molecular weight is 219 g/mol. The molecule has 0 aliphatic carbocycles. The van der Waals surface area contributed by atoms with Gasteiger partial charge in [0.05, 0.1) is 0 Å². The van der Waals surface area contributed by atoms with Gasteiger partial charge in [0, 0.05) is 0 Å². The van der Waals surface area contributed by atoms with Crippen LogP contribution in [0, 0.1) is 6.92 Å². The SMILES string of the molecule is [CH2]CCc1c2ccccc2cc2ccccc12. The molecule has 3 aromatic carbocycles. The van der Waals surface area contributed by atoms with Crippen molar-refractivity contribution in [3.05, 3.63) is 67.1 Å². The van der Waals surface area contributed by atoms with E-state index in [-0.39, 0.29) is 0 Å². The summed E-state index contributed by atoms with van der Waals surface area (Å²) >= 11 is 0. The topological polar surface area (TPSA) is 0 Å². The van der Waals surface area contributed by atoms with Crippen LogP contribution in [0.25, 0.3) is 21.5 Å². The highest BCUT2D eigenvalue weighted by Gasteiger charge is 2.05. The minimum absolute atomic E-state index is 0.942. The predicted molar refractivity (Wildman–Crippen MR) is 75.1 cm³/mol. The van der Waals surface area contributed by atoms with Gasteiger partial charge in [-0.2, -0.15) is 0 Å². The number of benzene rings is 3. The molecule has 1 radical (unpaired) electrons. The fourth-order valence-corrected chi connectivity index (χ4v) is 2.55. The van der Waals surface area contributed by atoms with E-state index in [9.17, 15) is 0 Å². The van der Waals surface area contributed by atoms with E-state index in [1.165, 1.54) is 27.1 Å². The van der Waals surface area contributed by atoms with Crippen LogP contribution in [-0.2, 0) is 6.42 Å². The first-order chi connectivity index (χ1) is 8.40. The molecule has 3 aromatic rings. The van der Waals surface area contributed by atoms with Crippen LogP contribution in [0.4, 0.5) is 0 Å². The Morgan fingerprint density at radius 1 is 0.765 bits per heavy atom. The molecule has 0 heterocycles. The summed E-state index contributed by atoms with van der Waals surface area (Å²) < 4.78 is 0. The summed E-state index contributed by atoms with van der Waals surface area (Å²) in [7, 11) is 0. The highest BCUT2D eigenvalue weighted by atomic mass is 14.1. The summed E-state index contributed by atoms with van der Waals surface area (Å²) in [6, 6.07) is 19.5. The highest BCUT2D eigenvalue weighted by molar-refractivity contribution is 6.02. The molecule has 0 fully saturated rings. The van der Waals surface area contributed by atoms with Crippen molar-refractivity contribution in [3.8, 4) is 0 Å². The fraction of sp³-hybridized carbons (Fsp3) is 0.118. The molecular formula is C17H15. The second kappa shape index (κ2) is 4.21. The predicted octanol–water partition coefficient (Wildman–Crippen LogP) is 4.76. The molecule has 0 bridgehead atoms. The van der Waals surface area contributed by atoms with Gasteiger partial charge in [-0.1, -0.05) is 55.5 Å². The zero-order chi connectivity index (χ0) is 11.7. The van der Waals surface area contributed by atoms with Gasteiger partial charge >= 0.3 is 0 Å². The monoisotopic (exact) mass is 219 g/mol. The van der Waals surface area contributed by atoms with Crippen LogP contribution in [0.3, 0.4) is 0 Å². The quantitative estimate of drug-likeness (QED) is 0.545. The Bertz CT molecular complexity index is 611. The van der Waals surface area contributed by atoms with E-state index in [1.807, 2.05) is 0 Å². The van der Waals surface area contributed by atoms with Crippen molar-refractivity contribution in [2.24, 2.45) is 0 Å². The molecule has 0 saturated carbocycles. The van der Waals surface area contributed by atoms with Gasteiger partial charge in [-0.3, -0.25) is 0 Å². The lowest BCUT2D eigenvalue weighted by Crippen LogP contribution is -1.89. The van der Waals surface area contributed by atoms with Crippen molar-refractivity contribution in [2.75, 3.05) is 0 Å². The van der Waals surface area contributed by atoms with Crippen LogP contribution in [0.2, 0.25) is 0 Å².